The highest BCUT2D eigenvalue weighted by Gasteiger charge is 2.26. The first kappa shape index (κ1) is 15.9. The quantitative estimate of drug-likeness (QED) is 0.845. The average molecular weight is 332 g/mol. The fourth-order valence-electron chi connectivity index (χ4n) is 1.95. The van der Waals surface area contributed by atoms with Crippen molar-refractivity contribution in [2.45, 2.75) is 18.4 Å². The zero-order valence-electron chi connectivity index (χ0n) is 11.6. The normalized spacial score (nSPS) is 12.0. The molecule has 0 radical (unpaired) electrons. The Morgan fingerprint density at radius 2 is 2.14 bits per heavy atom. The Bertz CT molecular complexity index is 746. The summed E-state index contributed by atoms with van der Waals surface area (Å²) in [5, 5.41) is 3.88. The predicted molar refractivity (Wildman–Crippen MR) is 77.9 cm³/mol. The summed E-state index contributed by atoms with van der Waals surface area (Å²) in [6.07, 6.45) is 3.34. The van der Waals surface area contributed by atoms with Crippen molar-refractivity contribution in [2.24, 2.45) is 7.05 Å². The van der Waals surface area contributed by atoms with Crippen molar-refractivity contribution in [3.05, 3.63) is 47.0 Å². The van der Waals surface area contributed by atoms with E-state index in [1.54, 1.807) is 31.0 Å². The summed E-state index contributed by atoms with van der Waals surface area (Å²) < 4.78 is 41.1. The Morgan fingerprint density at radius 1 is 1.43 bits per heavy atom. The van der Waals surface area contributed by atoms with E-state index in [0.29, 0.717) is 0 Å². The molecule has 0 atom stereocenters. The number of aromatic nitrogens is 2. The van der Waals surface area contributed by atoms with Crippen LogP contribution in [0.3, 0.4) is 0 Å². The Hall–Kier alpha value is -1.44. The molecule has 114 valence electrons. The summed E-state index contributed by atoms with van der Waals surface area (Å²) in [7, 11) is -2.03. The van der Waals surface area contributed by atoms with Crippen LogP contribution in [0.4, 0.5) is 4.39 Å². The van der Waals surface area contributed by atoms with Gasteiger partial charge in [0.05, 0.1) is 11.2 Å². The maximum absolute atomic E-state index is 13.1. The SMILES string of the molecule is CCN(Cc1cnn(C)c1)S(=O)(=O)c1ccc(F)cc1Cl. The van der Waals surface area contributed by atoms with Crippen LogP contribution in [-0.4, -0.2) is 29.0 Å². The van der Waals surface area contributed by atoms with E-state index in [-0.39, 0.29) is 23.0 Å². The first-order chi connectivity index (χ1) is 9.84. The first-order valence-electron chi connectivity index (χ1n) is 6.27. The number of hydrogen-bond acceptors (Lipinski definition) is 3. The molecule has 0 fully saturated rings. The molecule has 0 aliphatic rings. The first-order valence-corrected chi connectivity index (χ1v) is 8.09. The lowest BCUT2D eigenvalue weighted by Crippen LogP contribution is -2.30. The highest BCUT2D eigenvalue weighted by atomic mass is 35.5. The smallest absolute Gasteiger partial charge is 0.244 e. The van der Waals surface area contributed by atoms with Gasteiger partial charge in [0.2, 0.25) is 10.0 Å². The number of nitrogens with zero attached hydrogens (tertiary/aromatic N) is 3. The molecule has 0 bridgehead atoms. The van der Waals surface area contributed by atoms with Crippen LogP contribution in [0, 0.1) is 5.82 Å². The van der Waals surface area contributed by atoms with E-state index >= 15 is 0 Å². The van der Waals surface area contributed by atoms with E-state index in [4.69, 9.17) is 11.6 Å². The molecule has 0 saturated carbocycles. The molecule has 0 amide bonds. The number of hydrogen-bond donors (Lipinski definition) is 0. The van der Waals surface area contributed by atoms with Crippen LogP contribution in [0.25, 0.3) is 0 Å². The summed E-state index contributed by atoms with van der Waals surface area (Å²) in [6, 6.07) is 3.25. The minimum atomic E-state index is -3.79. The van der Waals surface area contributed by atoms with Crippen molar-refractivity contribution in [1.82, 2.24) is 14.1 Å². The molecule has 0 saturated heterocycles. The van der Waals surface area contributed by atoms with Crippen molar-refractivity contribution < 1.29 is 12.8 Å². The van der Waals surface area contributed by atoms with Crippen LogP contribution in [-0.2, 0) is 23.6 Å². The van der Waals surface area contributed by atoms with Gasteiger partial charge < -0.3 is 0 Å². The average Bonchev–Trinajstić information content (AvgIpc) is 2.80. The van der Waals surface area contributed by atoms with Crippen LogP contribution >= 0.6 is 11.6 Å². The molecule has 1 heterocycles. The molecule has 1 aromatic carbocycles. The highest BCUT2D eigenvalue weighted by molar-refractivity contribution is 7.89. The van der Waals surface area contributed by atoms with Crippen LogP contribution in [0.15, 0.2) is 35.5 Å². The number of rotatable bonds is 5. The van der Waals surface area contributed by atoms with Gasteiger partial charge in [-0.3, -0.25) is 4.68 Å². The second kappa shape index (κ2) is 6.13. The topological polar surface area (TPSA) is 55.2 Å². The van der Waals surface area contributed by atoms with Crippen molar-refractivity contribution in [2.75, 3.05) is 6.54 Å². The zero-order chi connectivity index (χ0) is 15.6. The third kappa shape index (κ3) is 3.42. The van der Waals surface area contributed by atoms with Crippen LogP contribution in [0.5, 0.6) is 0 Å². The summed E-state index contributed by atoms with van der Waals surface area (Å²) in [5.74, 6) is -0.575. The molecule has 21 heavy (non-hydrogen) atoms. The fourth-order valence-corrected chi connectivity index (χ4v) is 3.89. The van der Waals surface area contributed by atoms with Crippen molar-refractivity contribution in [1.29, 1.82) is 0 Å². The maximum Gasteiger partial charge on any atom is 0.244 e. The van der Waals surface area contributed by atoms with Gasteiger partial charge in [0.1, 0.15) is 10.7 Å². The molecular formula is C13H15ClFN3O2S. The number of sulfonamides is 1. The van der Waals surface area contributed by atoms with E-state index in [1.807, 2.05) is 0 Å². The Morgan fingerprint density at radius 3 is 2.67 bits per heavy atom. The Kier molecular flexibility index (Phi) is 4.65. The lowest BCUT2D eigenvalue weighted by molar-refractivity contribution is 0.423. The molecule has 2 rings (SSSR count). The Labute approximate surface area is 128 Å². The van der Waals surface area contributed by atoms with Gasteiger partial charge >= 0.3 is 0 Å². The number of halogens is 2. The van der Waals surface area contributed by atoms with Gasteiger partial charge in [-0.05, 0) is 18.2 Å². The third-order valence-corrected chi connectivity index (χ3v) is 5.39. The van der Waals surface area contributed by atoms with E-state index in [0.717, 1.165) is 17.7 Å². The standard InChI is InChI=1S/C13H15ClFN3O2S/c1-3-18(9-10-7-16-17(2)8-10)21(19,20)13-5-4-11(15)6-12(13)14/h4-8H,3,9H2,1-2H3. The monoisotopic (exact) mass is 331 g/mol. The molecule has 1 aromatic heterocycles. The fraction of sp³-hybridized carbons (Fsp3) is 0.308. The summed E-state index contributed by atoms with van der Waals surface area (Å²) in [5.41, 5.74) is 0.765. The van der Waals surface area contributed by atoms with E-state index in [9.17, 15) is 12.8 Å². The van der Waals surface area contributed by atoms with E-state index in [2.05, 4.69) is 5.10 Å². The summed E-state index contributed by atoms with van der Waals surface area (Å²) >= 11 is 5.86. The van der Waals surface area contributed by atoms with Gasteiger partial charge in [-0.15, -0.1) is 0 Å². The van der Waals surface area contributed by atoms with Gasteiger partial charge in [0.25, 0.3) is 0 Å². The zero-order valence-corrected chi connectivity index (χ0v) is 13.2. The lowest BCUT2D eigenvalue weighted by Gasteiger charge is -2.20. The van der Waals surface area contributed by atoms with Crippen LogP contribution in [0.1, 0.15) is 12.5 Å². The molecule has 0 N–H and O–H groups in total. The molecule has 0 unspecified atom stereocenters. The predicted octanol–water partition coefficient (Wildman–Crippen LogP) is 2.42. The maximum atomic E-state index is 13.1. The molecule has 0 aliphatic heterocycles. The molecule has 0 spiro atoms. The van der Waals surface area contributed by atoms with Crippen LogP contribution in [0.2, 0.25) is 5.02 Å². The van der Waals surface area contributed by atoms with E-state index < -0.39 is 15.8 Å². The molecule has 8 heteroatoms. The number of benzene rings is 1. The minimum Gasteiger partial charge on any atom is -0.275 e. The van der Waals surface area contributed by atoms with Gasteiger partial charge in [0, 0.05) is 31.9 Å². The van der Waals surface area contributed by atoms with Gasteiger partial charge in [0.15, 0.2) is 0 Å². The van der Waals surface area contributed by atoms with E-state index in [1.165, 1.54) is 10.4 Å². The lowest BCUT2D eigenvalue weighted by atomic mass is 10.3. The molecule has 2 aromatic rings. The van der Waals surface area contributed by atoms with Crippen molar-refractivity contribution >= 4 is 21.6 Å². The van der Waals surface area contributed by atoms with Crippen molar-refractivity contribution in [3.8, 4) is 0 Å². The highest BCUT2D eigenvalue weighted by Crippen LogP contribution is 2.26. The molecular weight excluding hydrogens is 317 g/mol. The second-order valence-electron chi connectivity index (χ2n) is 4.53. The minimum absolute atomic E-state index is 0.101. The third-order valence-electron chi connectivity index (χ3n) is 2.98. The second-order valence-corrected chi connectivity index (χ2v) is 6.84. The largest absolute Gasteiger partial charge is 0.275 e. The van der Waals surface area contributed by atoms with Gasteiger partial charge in [-0.25, -0.2) is 12.8 Å². The van der Waals surface area contributed by atoms with Crippen LogP contribution < -0.4 is 0 Å². The summed E-state index contributed by atoms with van der Waals surface area (Å²) in [4.78, 5) is -0.101. The van der Waals surface area contributed by atoms with Gasteiger partial charge in [-0.1, -0.05) is 18.5 Å². The summed E-state index contributed by atoms with van der Waals surface area (Å²) in [6.45, 7) is 2.18. The van der Waals surface area contributed by atoms with Crippen molar-refractivity contribution in [3.63, 3.8) is 0 Å². The molecule has 0 aliphatic carbocycles. The molecule has 5 nitrogen and oxygen atoms in total. The Balaban J connectivity index is 2.35. The number of aryl methyl sites for hydroxylation is 1. The van der Waals surface area contributed by atoms with Gasteiger partial charge in [-0.2, -0.15) is 9.40 Å².